The lowest BCUT2D eigenvalue weighted by atomic mass is 10.1. The Morgan fingerprint density at radius 1 is 1.16 bits per heavy atom. The quantitative estimate of drug-likeness (QED) is 0.125. The van der Waals surface area contributed by atoms with Crippen LogP contribution in [0.2, 0.25) is 0 Å². The van der Waals surface area contributed by atoms with Gasteiger partial charge in [-0.25, -0.2) is 4.79 Å². The third-order valence-corrected chi connectivity index (χ3v) is 6.64. The molecule has 0 spiro atoms. The number of H-pyrrole nitrogens is 1. The second-order valence-electron chi connectivity index (χ2n) is 8.36. The first kappa shape index (κ1) is 26.8. The van der Waals surface area contributed by atoms with Crippen LogP contribution in [0.25, 0.3) is 17.0 Å². The smallest absolute Gasteiger partial charge is 0.335 e. The summed E-state index contributed by atoms with van der Waals surface area (Å²) in [7, 11) is 1.50. The third-order valence-electron chi connectivity index (χ3n) is 5.84. The van der Waals surface area contributed by atoms with Crippen LogP contribution in [0.5, 0.6) is 11.5 Å². The van der Waals surface area contributed by atoms with Gasteiger partial charge < -0.3 is 24.9 Å². The van der Waals surface area contributed by atoms with Gasteiger partial charge in [-0.2, -0.15) is 5.26 Å². The minimum atomic E-state index is -1.01. The van der Waals surface area contributed by atoms with Crippen LogP contribution in [0.4, 0.5) is 0 Å². The number of halogens is 1. The molecule has 38 heavy (non-hydrogen) atoms. The highest BCUT2D eigenvalue weighted by Gasteiger charge is 2.15. The highest BCUT2D eigenvalue weighted by atomic mass is 127. The van der Waals surface area contributed by atoms with E-state index in [9.17, 15) is 20.0 Å². The maximum Gasteiger partial charge on any atom is 0.335 e. The van der Waals surface area contributed by atoms with Crippen molar-refractivity contribution in [3.63, 3.8) is 0 Å². The molecule has 3 aromatic carbocycles. The number of carbonyl (C=O) groups excluding carboxylic acids is 1. The molecule has 1 heterocycles. The maximum atomic E-state index is 12.7. The lowest BCUT2D eigenvalue weighted by Crippen LogP contribution is -2.26. The minimum Gasteiger partial charge on any atom is -0.493 e. The van der Waals surface area contributed by atoms with Gasteiger partial charge in [-0.05, 0) is 82.1 Å². The van der Waals surface area contributed by atoms with E-state index in [4.69, 9.17) is 9.47 Å². The Morgan fingerprint density at radius 3 is 2.74 bits per heavy atom. The summed E-state index contributed by atoms with van der Waals surface area (Å²) in [6.45, 7) is 0.529. The Hall–Kier alpha value is -4.30. The summed E-state index contributed by atoms with van der Waals surface area (Å²) in [5.74, 6) is -0.562. The van der Waals surface area contributed by atoms with Crippen molar-refractivity contribution in [1.82, 2.24) is 10.3 Å². The fourth-order valence-corrected chi connectivity index (χ4v) is 4.75. The van der Waals surface area contributed by atoms with E-state index in [0.717, 1.165) is 16.5 Å². The molecular formula is C29H24IN3O5. The van der Waals surface area contributed by atoms with Crippen LogP contribution in [0.1, 0.15) is 27.0 Å². The number of aromatic carboxylic acids is 1. The van der Waals surface area contributed by atoms with E-state index in [1.54, 1.807) is 30.3 Å². The van der Waals surface area contributed by atoms with Crippen LogP contribution in [-0.2, 0) is 17.8 Å². The second kappa shape index (κ2) is 12.3. The van der Waals surface area contributed by atoms with E-state index in [2.05, 4.69) is 32.9 Å². The number of carboxylic acids is 1. The number of benzene rings is 3. The fraction of sp³-hybridized carbons (Fsp3) is 0.138. The van der Waals surface area contributed by atoms with Crippen LogP contribution >= 0.6 is 22.6 Å². The largest absolute Gasteiger partial charge is 0.493 e. The number of carbonyl (C=O) groups is 2. The van der Waals surface area contributed by atoms with Gasteiger partial charge in [-0.1, -0.05) is 30.3 Å². The number of hydrogen-bond acceptors (Lipinski definition) is 5. The van der Waals surface area contributed by atoms with Crippen LogP contribution < -0.4 is 14.8 Å². The van der Waals surface area contributed by atoms with Gasteiger partial charge in [-0.15, -0.1) is 0 Å². The number of fused-ring (bicyclic) bond motifs is 1. The summed E-state index contributed by atoms with van der Waals surface area (Å²) in [5.41, 5.74) is 3.58. The number of rotatable bonds is 10. The van der Waals surface area contributed by atoms with Gasteiger partial charge in [-0.3, -0.25) is 4.79 Å². The molecule has 0 fully saturated rings. The number of carboxylic acid groups (broad SMARTS) is 1. The van der Waals surface area contributed by atoms with Crippen molar-refractivity contribution in [2.75, 3.05) is 13.7 Å². The highest BCUT2D eigenvalue weighted by Crippen LogP contribution is 2.35. The zero-order valence-corrected chi connectivity index (χ0v) is 22.6. The highest BCUT2D eigenvalue weighted by molar-refractivity contribution is 14.1. The lowest BCUT2D eigenvalue weighted by molar-refractivity contribution is -0.117. The Morgan fingerprint density at radius 2 is 1.97 bits per heavy atom. The van der Waals surface area contributed by atoms with E-state index in [-0.39, 0.29) is 17.7 Å². The van der Waals surface area contributed by atoms with E-state index in [0.29, 0.717) is 39.2 Å². The number of para-hydroxylation sites is 1. The number of nitrogens with zero attached hydrogens (tertiary/aromatic N) is 1. The molecule has 0 saturated carbocycles. The first-order valence-corrected chi connectivity index (χ1v) is 12.7. The molecule has 1 aromatic heterocycles. The van der Waals surface area contributed by atoms with Gasteiger partial charge >= 0.3 is 5.97 Å². The molecule has 4 rings (SSSR count). The number of ether oxygens (including phenoxy) is 2. The third kappa shape index (κ3) is 6.33. The van der Waals surface area contributed by atoms with Gasteiger partial charge in [0.15, 0.2) is 11.5 Å². The molecule has 0 saturated heterocycles. The van der Waals surface area contributed by atoms with Crippen LogP contribution in [0.3, 0.4) is 0 Å². The monoisotopic (exact) mass is 621 g/mol. The topological polar surface area (TPSA) is 124 Å². The van der Waals surface area contributed by atoms with Crippen molar-refractivity contribution in [2.24, 2.45) is 0 Å². The molecule has 0 aliphatic heterocycles. The molecule has 9 heteroatoms. The van der Waals surface area contributed by atoms with Crippen molar-refractivity contribution < 1.29 is 24.2 Å². The van der Waals surface area contributed by atoms with E-state index >= 15 is 0 Å². The average Bonchev–Trinajstić information content (AvgIpc) is 3.33. The number of hydrogen-bond donors (Lipinski definition) is 3. The fourth-order valence-electron chi connectivity index (χ4n) is 3.97. The van der Waals surface area contributed by atoms with Crippen LogP contribution in [0.15, 0.2) is 72.4 Å². The SMILES string of the molecule is COc1cc(/C=C(/C#N)C(=O)NCCc2c[nH]c3ccccc23)cc(I)c1OCc1cccc(C(=O)O)c1. The van der Waals surface area contributed by atoms with Gasteiger partial charge in [0.2, 0.25) is 0 Å². The van der Waals surface area contributed by atoms with Crippen LogP contribution in [0, 0.1) is 14.9 Å². The molecule has 0 unspecified atom stereocenters. The molecule has 0 aliphatic carbocycles. The first-order chi connectivity index (χ1) is 18.4. The van der Waals surface area contributed by atoms with Crippen LogP contribution in [-0.4, -0.2) is 35.6 Å². The zero-order valence-electron chi connectivity index (χ0n) is 20.5. The summed E-state index contributed by atoms with van der Waals surface area (Å²) in [6, 6.07) is 19.9. The molecule has 3 N–H and O–H groups in total. The molecule has 192 valence electrons. The summed E-state index contributed by atoms with van der Waals surface area (Å²) < 4.78 is 12.1. The molecule has 0 aliphatic rings. The lowest BCUT2D eigenvalue weighted by Gasteiger charge is -2.14. The molecule has 4 aromatic rings. The van der Waals surface area contributed by atoms with E-state index in [1.165, 1.54) is 19.3 Å². The second-order valence-corrected chi connectivity index (χ2v) is 9.53. The van der Waals surface area contributed by atoms with E-state index in [1.807, 2.05) is 36.5 Å². The summed E-state index contributed by atoms with van der Waals surface area (Å²) in [5, 5.41) is 22.7. The molecular weight excluding hydrogens is 597 g/mol. The van der Waals surface area contributed by atoms with Gasteiger partial charge in [0.1, 0.15) is 18.2 Å². The van der Waals surface area contributed by atoms with Crippen molar-refractivity contribution in [2.45, 2.75) is 13.0 Å². The van der Waals surface area contributed by atoms with Gasteiger partial charge in [0.25, 0.3) is 5.91 Å². The standard InChI is InChI=1S/C29H24IN3O5/c1-37-26-14-19(13-24(30)27(26)38-17-18-5-4-6-20(11-18)29(35)36)12-22(15-31)28(34)32-10-9-21-16-33-25-8-3-2-7-23(21)25/h2-8,11-14,16,33H,9-10,17H2,1H3,(H,32,34)(H,35,36)/b22-12-. The average molecular weight is 621 g/mol. The normalized spacial score (nSPS) is 11.1. The number of nitrogens with one attached hydrogen (secondary N) is 2. The molecule has 1 amide bonds. The van der Waals surface area contributed by atoms with Gasteiger partial charge in [0, 0.05) is 23.6 Å². The predicted octanol–water partition coefficient (Wildman–Crippen LogP) is 5.32. The summed E-state index contributed by atoms with van der Waals surface area (Å²) >= 11 is 2.09. The number of nitriles is 1. The molecule has 0 bridgehead atoms. The number of aromatic amines is 1. The first-order valence-electron chi connectivity index (χ1n) is 11.7. The van der Waals surface area contributed by atoms with Crippen molar-refractivity contribution >= 4 is 51.4 Å². The Kier molecular flexibility index (Phi) is 8.66. The zero-order chi connectivity index (χ0) is 27.1. The van der Waals surface area contributed by atoms with Gasteiger partial charge in [0.05, 0.1) is 16.2 Å². The van der Waals surface area contributed by atoms with Crippen molar-refractivity contribution in [3.05, 3.63) is 98.3 Å². The van der Waals surface area contributed by atoms with E-state index < -0.39 is 11.9 Å². The minimum absolute atomic E-state index is 0.0269. The predicted molar refractivity (Wildman–Crippen MR) is 152 cm³/mol. The maximum absolute atomic E-state index is 12.7. The summed E-state index contributed by atoms with van der Waals surface area (Å²) in [4.78, 5) is 27.1. The number of aromatic nitrogens is 1. The molecule has 0 atom stereocenters. The van der Waals surface area contributed by atoms with Crippen molar-refractivity contribution in [3.8, 4) is 17.6 Å². The molecule has 0 radical (unpaired) electrons. The Bertz CT molecular complexity index is 1570. The molecule has 8 nitrogen and oxygen atoms in total. The summed E-state index contributed by atoms with van der Waals surface area (Å²) in [6.07, 6.45) is 4.06. The number of methoxy groups -OCH3 is 1. The Labute approximate surface area is 233 Å². The Balaban J connectivity index is 1.44. The van der Waals surface area contributed by atoms with Crippen molar-refractivity contribution in [1.29, 1.82) is 5.26 Å². The number of amides is 1.